The van der Waals surface area contributed by atoms with Gasteiger partial charge in [0.15, 0.2) is 0 Å². The number of nitrogens with one attached hydrogen (secondary N) is 2. The van der Waals surface area contributed by atoms with Gasteiger partial charge >= 0.3 is 12.3 Å². The van der Waals surface area contributed by atoms with Gasteiger partial charge in [-0.05, 0) is 43.2 Å². The quantitative estimate of drug-likeness (QED) is 0.433. The lowest BCUT2D eigenvalue weighted by Gasteiger charge is -2.15. The molecule has 0 saturated heterocycles. The fourth-order valence-corrected chi connectivity index (χ4v) is 3.17. The molecule has 0 unspecified atom stereocenters. The van der Waals surface area contributed by atoms with E-state index in [1.165, 1.54) is 32.4 Å². The van der Waals surface area contributed by atoms with Crippen LogP contribution in [0.3, 0.4) is 0 Å². The van der Waals surface area contributed by atoms with Gasteiger partial charge in [-0.2, -0.15) is 4.98 Å². The molecule has 1 saturated carbocycles. The zero-order valence-electron chi connectivity index (χ0n) is 18.3. The Morgan fingerprint density at radius 1 is 1.06 bits per heavy atom. The predicted octanol–water partition coefficient (Wildman–Crippen LogP) is 5.16. The molecule has 11 heteroatoms. The number of rotatable bonds is 8. The molecule has 34 heavy (non-hydrogen) atoms. The molecule has 0 spiro atoms. The Morgan fingerprint density at radius 3 is 2.53 bits per heavy atom. The number of benzene rings is 2. The van der Waals surface area contributed by atoms with Crippen molar-refractivity contribution in [3.8, 4) is 22.8 Å². The number of anilines is 3. The molecular weight excluding hydrogens is 453 g/mol. The zero-order chi connectivity index (χ0) is 24.3. The molecule has 0 radical (unpaired) electrons. The lowest BCUT2D eigenvalue weighted by molar-refractivity contribution is -0.274. The first-order valence-corrected chi connectivity index (χ1v) is 10.3. The predicted molar refractivity (Wildman–Crippen MR) is 118 cm³/mol. The second-order valence-corrected chi connectivity index (χ2v) is 7.49. The summed E-state index contributed by atoms with van der Waals surface area (Å²) in [6.07, 6.45) is -2.86. The summed E-state index contributed by atoms with van der Waals surface area (Å²) in [7, 11) is 2.76. The molecule has 2 aromatic carbocycles. The van der Waals surface area contributed by atoms with Gasteiger partial charge in [0, 0.05) is 17.7 Å². The molecule has 0 amide bonds. The van der Waals surface area contributed by atoms with Crippen LogP contribution < -0.4 is 20.1 Å². The van der Waals surface area contributed by atoms with Crippen molar-refractivity contribution in [2.24, 2.45) is 0 Å². The molecule has 4 rings (SSSR count). The first-order valence-electron chi connectivity index (χ1n) is 10.3. The lowest BCUT2D eigenvalue weighted by Crippen LogP contribution is -2.17. The molecular formula is C23H21F3N4O4. The van der Waals surface area contributed by atoms with Crippen molar-refractivity contribution in [2.45, 2.75) is 25.2 Å². The van der Waals surface area contributed by atoms with Crippen molar-refractivity contribution in [3.05, 3.63) is 54.1 Å². The Hall–Kier alpha value is -4.02. The summed E-state index contributed by atoms with van der Waals surface area (Å²) in [5.74, 6) is 0.224. The first-order chi connectivity index (χ1) is 16.2. The largest absolute Gasteiger partial charge is 0.573 e. The minimum absolute atomic E-state index is 0.236. The third-order valence-corrected chi connectivity index (χ3v) is 4.88. The fraction of sp³-hybridized carbons (Fsp3) is 0.261. The normalized spacial score (nSPS) is 13.2. The minimum Gasteiger partial charge on any atom is -0.495 e. The molecule has 3 aromatic rings. The van der Waals surface area contributed by atoms with Gasteiger partial charge < -0.3 is 24.8 Å². The average Bonchev–Trinajstić information content (AvgIpc) is 3.61. The van der Waals surface area contributed by atoms with Gasteiger partial charge in [-0.1, -0.05) is 12.1 Å². The molecule has 1 fully saturated rings. The van der Waals surface area contributed by atoms with Gasteiger partial charge in [0.2, 0.25) is 5.95 Å². The van der Waals surface area contributed by atoms with E-state index in [0.717, 1.165) is 12.8 Å². The van der Waals surface area contributed by atoms with Crippen molar-refractivity contribution in [3.63, 3.8) is 0 Å². The van der Waals surface area contributed by atoms with Crippen LogP contribution >= 0.6 is 0 Å². The van der Waals surface area contributed by atoms with E-state index in [-0.39, 0.29) is 11.8 Å². The lowest BCUT2D eigenvalue weighted by atomic mass is 10.1. The third kappa shape index (κ3) is 5.85. The topological polar surface area (TPSA) is 94.6 Å². The van der Waals surface area contributed by atoms with Crippen LogP contribution in [0.1, 0.15) is 23.2 Å². The highest BCUT2D eigenvalue weighted by Crippen LogP contribution is 2.33. The summed E-state index contributed by atoms with van der Waals surface area (Å²) in [5, 5.41) is 6.30. The molecule has 0 bridgehead atoms. The number of hydrogen-bond acceptors (Lipinski definition) is 8. The Balaban J connectivity index is 1.71. The highest BCUT2D eigenvalue weighted by Gasteiger charge is 2.31. The Morgan fingerprint density at radius 2 is 1.85 bits per heavy atom. The van der Waals surface area contributed by atoms with E-state index in [1.54, 1.807) is 30.3 Å². The second kappa shape index (κ2) is 9.46. The van der Waals surface area contributed by atoms with Gasteiger partial charge in [0.05, 0.1) is 31.2 Å². The van der Waals surface area contributed by atoms with Gasteiger partial charge in [0.25, 0.3) is 0 Å². The molecule has 0 atom stereocenters. The number of esters is 1. The third-order valence-electron chi connectivity index (χ3n) is 4.88. The zero-order valence-corrected chi connectivity index (χ0v) is 18.3. The fourth-order valence-electron chi connectivity index (χ4n) is 3.17. The standard InChI is InChI=1S/C23H21F3N4O4/c1-32-19-9-6-14(21(31)33-2)11-18(19)28-20-12-17(29-22(30-20)27-15-7-8-15)13-4-3-5-16(10-13)34-23(24,25)26/h3-6,9-12,15H,7-8H2,1-2H3,(H2,27,28,29,30). The Labute approximate surface area is 193 Å². The van der Waals surface area contributed by atoms with Crippen LogP contribution in [-0.2, 0) is 4.74 Å². The smallest absolute Gasteiger partial charge is 0.495 e. The van der Waals surface area contributed by atoms with E-state index < -0.39 is 12.3 Å². The maximum absolute atomic E-state index is 12.7. The maximum Gasteiger partial charge on any atom is 0.573 e. The van der Waals surface area contributed by atoms with Crippen LogP contribution in [0.4, 0.5) is 30.6 Å². The van der Waals surface area contributed by atoms with Crippen LogP contribution in [0.5, 0.6) is 11.5 Å². The van der Waals surface area contributed by atoms with Gasteiger partial charge in [-0.25, -0.2) is 9.78 Å². The molecule has 1 heterocycles. The van der Waals surface area contributed by atoms with Crippen LogP contribution in [0.15, 0.2) is 48.5 Å². The highest BCUT2D eigenvalue weighted by molar-refractivity contribution is 5.91. The summed E-state index contributed by atoms with van der Waals surface area (Å²) in [6.45, 7) is 0. The SMILES string of the molecule is COC(=O)c1ccc(OC)c(Nc2cc(-c3cccc(OC(F)(F)F)c3)nc(NC3CC3)n2)c1. The van der Waals surface area contributed by atoms with Gasteiger partial charge in [-0.3, -0.25) is 0 Å². The van der Waals surface area contributed by atoms with E-state index in [9.17, 15) is 18.0 Å². The molecule has 1 aliphatic rings. The van der Waals surface area contributed by atoms with Crippen molar-refractivity contribution in [2.75, 3.05) is 24.9 Å². The van der Waals surface area contributed by atoms with Crippen LogP contribution in [0.2, 0.25) is 0 Å². The number of alkyl halides is 3. The number of nitrogens with zero attached hydrogens (tertiary/aromatic N) is 2. The van der Waals surface area contributed by atoms with Crippen molar-refractivity contribution < 1.29 is 32.2 Å². The summed E-state index contributed by atoms with van der Waals surface area (Å²) in [4.78, 5) is 20.9. The Bertz CT molecular complexity index is 1200. The van der Waals surface area contributed by atoms with Gasteiger partial charge in [-0.15, -0.1) is 13.2 Å². The number of aromatic nitrogens is 2. The molecule has 178 valence electrons. The average molecular weight is 474 g/mol. The number of ether oxygens (including phenoxy) is 3. The van der Waals surface area contributed by atoms with E-state index in [1.807, 2.05) is 0 Å². The van der Waals surface area contributed by atoms with Crippen molar-refractivity contribution >= 4 is 23.4 Å². The number of hydrogen-bond donors (Lipinski definition) is 2. The van der Waals surface area contributed by atoms with E-state index >= 15 is 0 Å². The number of methoxy groups -OCH3 is 2. The Kier molecular flexibility index (Phi) is 6.44. The molecule has 8 nitrogen and oxygen atoms in total. The summed E-state index contributed by atoms with van der Waals surface area (Å²) in [6, 6.07) is 12.1. The number of carbonyl (C=O) groups is 1. The number of halogens is 3. The molecule has 2 N–H and O–H groups in total. The van der Waals surface area contributed by atoms with Crippen molar-refractivity contribution in [1.29, 1.82) is 0 Å². The highest BCUT2D eigenvalue weighted by atomic mass is 19.4. The van der Waals surface area contributed by atoms with Crippen LogP contribution in [0.25, 0.3) is 11.3 Å². The first kappa shape index (κ1) is 23.1. The van der Waals surface area contributed by atoms with E-state index in [0.29, 0.717) is 40.0 Å². The van der Waals surface area contributed by atoms with Crippen LogP contribution in [0, 0.1) is 0 Å². The maximum atomic E-state index is 12.7. The van der Waals surface area contributed by atoms with E-state index in [2.05, 4.69) is 25.3 Å². The summed E-state index contributed by atoms with van der Waals surface area (Å²) < 4.78 is 52.2. The molecule has 1 aromatic heterocycles. The summed E-state index contributed by atoms with van der Waals surface area (Å²) in [5.41, 5.74) is 1.52. The number of carbonyl (C=O) groups excluding carboxylic acids is 1. The summed E-state index contributed by atoms with van der Waals surface area (Å²) >= 11 is 0. The van der Waals surface area contributed by atoms with E-state index in [4.69, 9.17) is 9.47 Å². The van der Waals surface area contributed by atoms with Crippen molar-refractivity contribution in [1.82, 2.24) is 9.97 Å². The molecule has 0 aliphatic heterocycles. The second-order valence-electron chi connectivity index (χ2n) is 7.49. The van der Waals surface area contributed by atoms with Crippen LogP contribution in [-0.4, -0.2) is 42.6 Å². The van der Waals surface area contributed by atoms with Gasteiger partial charge in [0.1, 0.15) is 17.3 Å². The monoisotopic (exact) mass is 474 g/mol. The minimum atomic E-state index is -4.81. The molecule has 1 aliphatic carbocycles.